The molecule has 0 fully saturated rings. The Hall–Kier alpha value is -1.84. The topological polar surface area (TPSA) is 15.3 Å². The third-order valence-electron chi connectivity index (χ3n) is 2.48. The molecule has 0 saturated carbocycles. The number of benzene rings is 1. The maximum absolute atomic E-state index is 12.6. The largest absolute Gasteiger partial charge is 0.364 e. The first-order chi connectivity index (χ1) is 8.67. The van der Waals surface area contributed by atoms with E-state index in [0.29, 0.717) is 6.54 Å². The smallest absolute Gasteiger partial charge is 0.255 e. The van der Waals surface area contributed by atoms with Gasteiger partial charge in [-0.2, -0.15) is 0 Å². The van der Waals surface area contributed by atoms with Crippen LogP contribution in [0.5, 0.6) is 0 Å². The molecule has 1 aromatic carbocycles. The van der Waals surface area contributed by atoms with E-state index in [0.717, 1.165) is 11.4 Å². The van der Waals surface area contributed by atoms with Gasteiger partial charge in [0.1, 0.15) is 0 Å². The Kier molecular flexibility index (Phi) is 5.91. The van der Waals surface area contributed by atoms with Crippen molar-refractivity contribution in [3.8, 4) is 0 Å². The molecule has 0 bridgehead atoms. The predicted molar refractivity (Wildman–Crippen MR) is 71.7 cm³/mol. The van der Waals surface area contributed by atoms with Crippen molar-refractivity contribution < 1.29 is 8.78 Å². The lowest BCUT2D eigenvalue weighted by Gasteiger charge is -2.25. The van der Waals surface area contributed by atoms with Crippen LogP contribution in [0, 0.1) is 0 Å². The molecule has 1 N–H and O–H groups in total. The van der Waals surface area contributed by atoms with Crippen molar-refractivity contribution in [3.63, 3.8) is 0 Å². The summed E-state index contributed by atoms with van der Waals surface area (Å²) in [5, 5.41) is 2.94. The highest BCUT2D eigenvalue weighted by molar-refractivity contribution is 5.47. The average Bonchev–Trinajstić information content (AvgIpc) is 2.37. The van der Waals surface area contributed by atoms with Crippen LogP contribution in [0.15, 0.2) is 54.9 Å². The second-order valence-corrected chi connectivity index (χ2v) is 3.77. The van der Waals surface area contributed by atoms with Crippen LogP contribution in [-0.2, 0) is 0 Å². The van der Waals surface area contributed by atoms with Crippen LogP contribution >= 0.6 is 0 Å². The molecular formula is C14H18F2N2. The van der Waals surface area contributed by atoms with Crippen LogP contribution in [-0.4, -0.2) is 19.5 Å². The fourth-order valence-electron chi connectivity index (χ4n) is 1.62. The van der Waals surface area contributed by atoms with Crippen molar-refractivity contribution >= 4 is 5.69 Å². The lowest BCUT2D eigenvalue weighted by molar-refractivity contribution is 0.155. The SMILES string of the molecule is C=CN/C(=C\C)CN(CC(F)F)c1ccccc1. The number of nitrogens with one attached hydrogen (secondary N) is 1. The zero-order valence-electron chi connectivity index (χ0n) is 10.4. The number of nitrogens with zero attached hydrogens (tertiary/aromatic N) is 1. The summed E-state index contributed by atoms with van der Waals surface area (Å²) in [7, 11) is 0. The molecule has 98 valence electrons. The zero-order valence-corrected chi connectivity index (χ0v) is 10.4. The molecule has 0 aliphatic carbocycles. The van der Waals surface area contributed by atoms with Gasteiger partial charge >= 0.3 is 0 Å². The molecule has 0 amide bonds. The molecule has 0 radical (unpaired) electrons. The number of para-hydroxylation sites is 1. The number of anilines is 1. The standard InChI is InChI=1S/C14H18F2N2/c1-3-12(17-4-2)10-18(11-14(15)16)13-8-6-5-7-9-13/h3-9,14,17H,2,10-11H2,1H3/b12-3-. The van der Waals surface area contributed by atoms with Gasteiger partial charge in [0.2, 0.25) is 0 Å². The summed E-state index contributed by atoms with van der Waals surface area (Å²) in [6.07, 6.45) is 1.02. The van der Waals surface area contributed by atoms with Crippen LogP contribution < -0.4 is 10.2 Å². The molecule has 0 aliphatic rings. The molecule has 1 aromatic rings. The Morgan fingerprint density at radius 2 is 2.06 bits per heavy atom. The molecule has 0 saturated heterocycles. The highest BCUT2D eigenvalue weighted by atomic mass is 19.3. The Labute approximate surface area is 107 Å². The molecule has 18 heavy (non-hydrogen) atoms. The van der Waals surface area contributed by atoms with E-state index >= 15 is 0 Å². The second kappa shape index (κ2) is 7.48. The van der Waals surface area contributed by atoms with Crippen LogP contribution in [0.4, 0.5) is 14.5 Å². The van der Waals surface area contributed by atoms with Crippen molar-refractivity contribution in [2.75, 3.05) is 18.0 Å². The Balaban J connectivity index is 2.82. The van der Waals surface area contributed by atoms with Crippen molar-refractivity contribution in [1.29, 1.82) is 0 Å². The number of allylic oxidation sites excluding steroid dienone is 1. The first-order valence-corrected chi connectivity index (χ1v) is 5.78. The number of hydrogen-bond donors (Lipinski definition) is 1. The Morgan fingerprint density at radius 3 is 2.56 bits per heavy atom. The molecule has 0 aliphatic heterocycles. The highest BCUT2D eigenvalue weighted by Crippen LogP contribution is 2.16. The summed E-state index contributed by atoms with van der Waals surface area (Å²) in [6.45, 7) is 5.54. The normalized spacial score (nSPS) is 11.4. The minimum absolute atomic E-state index is 0.291. The van der Waals surface area contributed by atoms with Crippen molar-refractivity contribution in [2.45, 2.75) is 13.3 Å². The van der Waals surface area contributed by atoms with Gasteiger partial charge in [0.05, 0.1) is 13.1 Å². The van der Waals surface area contributed by atoms with E-state index in [-0.39, 0.29) is 6.54 Å². The van der Waals surface area contributed by atoms with Gasteiger partial charge in [-0.15, -0.1) is 0 Å². The first-order valence-electron chi connectivity index (χ1n) is 5.78. The van der Waals surface area contributed by atoms with E-state index in [1.54, 1.807) is 11.1 Å². The van der Waals surface area contributed by atoms with Gasteiger partial charge in [-0.05, 0) is 25.3 Å². The maximum atomic E-state index is 12.6. The van der Waals surface area contributed by atoms with Crippen molar-refractivity contribution in [1.82, 2.24) is 5.32 Å². The van der Waals surface area contributed by atoms with Crippen molar-refractivity contribution in [2.24, 2.45) is 0 Å². The van der Waals surface area contributed by atoms with Gasteiger partial charge in [0, 0.05) is 11.4 Å². The fraction of sp³-hybridized carbons (Fsp3) is 0.286. The minimum Gasteiger partial charge on any atom is -0.364 e. The third-order valence-corrected chi connectivity index (χ3v) is 2.48. The maximum Gasteiger partial charge on any atom is 0.255 e. The molecule has 0 atom stereocenters. The molecule has 0 spiro atoms. The van der Waals surface area contributed by atoms with E-state index in [1.807, 2.05) is 43.3 Å². The predicted octanol–water partition coefficient (Wildman–Crippen LogP) is 3.40. The summed E-state index contributed by atoms with van der Waals surface area (Å²) in [4.78, 5) is 1.64. The quantitative estimate of drug-likeness (QED) is 0.800. The first kappa shape index (κ1) is 14.2. The van der Waals surface area contributed by atoms with Crippen LogP contribution in [0.3, 0.4) is 0 Å². The summed E-state index contributed by atoms with van der Waals surface area (Å²) in [6, 6.07) is 9.18. The minimum atomic E-state index is -2.37. The highest BCUT2D eigenvalue weighted by Gasteiger charge is 2.13. The van der Waals surface area contributed by atoms with Crippen molar-refractivity contribution in [3.05, 3.63) is 54.9 Å². The summed E-state index contributed by atoms with van der Waals surface area (Å²) < 4.78 is 25.2. The van der Waals surface area contributed by atoms with Crippen LogP contribution in [0.2, 0.25) is 0 Å². The summed E-state index contributed by atoms with van der Waals surface area (Å²) in [5.74, 6) is 0. The summed E-state index contributed by atoms with van der Waals surface area (Å²) >= 11 is 0. The van der Waals surface area contributed by atoms with Gasteiger partial charge in [-0.25, -0.2) is 8.78 Å². The fourth-order valence-corrected chi connectivity index (χ4v) is 1.62. The van der Waals surface area contributed by atoms with E-state index < -0.39 is 6.43 Å². The average molecular weight is 252 g/mol. The third kappa shape index (κ3) is 4.57. The lowest BCUT2D eigenvalue weighted by atomic mass is 10.2. The van der Waals surface area contributed by atoms with Crippen LogP contribution in [0.25, 0.3) is 0 Å². The number of alkyl halides is 2. The van der Waals surface area contributed by atoms with Gasteiger partial charge in [0.25, 0.3) is 6.43 Å². The monoisotopic (exact) mass is 252 g/mol. The summed E-state index contributed by atoms with van der Waals surface area (Å²) in [5.41, 5.74) is 1.62. The zero-order chi connectivity index (χ0) is 13.4. The van der Waals surface area contributed by atoms with Gasteiger partial charge in [-0.3, -0.25) is 0 Å². The van der Waals surface area contributed by atoms with E-state index in [9.17, 15) is 8.78 Å². The van der Waals surface area contributed by atoms with Gasteiger partial charge in [0.15, 0.2) is 0 Å². The number of halogens is 2. The lowest BCUT2D eigenvalue weighted by Crippen LogP contribution is -2.33. The molecular weight excluding hydrogens is 234 g/mol. The van der Waals surface area contributed by atoms with Gasteiger partial charge in [-0.1, -0.05) is 30.9 Å². The molecule has 0 unspecified atom stereocenters. The van der Waals surface area contributed by atoms with E-state index in [1.165, 1.54) is 0 Å². The molecule has 4 heteroatoms. The van der Waals surface area contributed by atoms with Crippen LogP contribution in [0.1, 0.15) is 6.92 Å². The molecule has 2 nitrogen and oxygen atoms in total. The molecule has 0 heterocycles. The van der Waals surface area contributed by atoms with E-state index in [2.05, 4.69) is 11.9 Å². The Bertz CT molecular complexity index is 388. The number of rotatable bonds is 7. The molecule has 1 rings (SSSR count). The van der Waals surface area contributed by atoms with Gasteiger partial charge < -0.3 is 10.2 Å². The van der Waals surface area contributed by atoms with E-state index in [4.69, 9.17) is 0 Å². The second-order valence-electron chi connectivity index (χ2n) is 3.77. The Morgan fingerprint density at radius 1 is 1.39 bits per heavy atom. The number of hydrogen-bond acceptors (Lipinski definition) is 2. The molecule has 0 aromatic heterocycles.